The van der Waals surface area contributed by atoms with E-state index < -0.39 is 0 Å². The van der Waals surface area contributed by atoms with Crippen LogP contribution in [-0.2, 0) is 13.2 Å². The Labute approximate surface area is 120 Å². The molecule has 2 aromatic rings. The van der Waals surface area contributed by atoms with E-state index in [4.69, 9.17) is 4.74 Å². The molecule has 106 valence electrons. The van der Waals surface area contributed by atoms with Crippen LogP contribution in [0.25, 0.3) is 0 Å². The zero-order valence-electron chi connectivity index (χ0n) is 12.3. The molecule has 1 N–H and O–H groups in total. The fourth-order valence-electron chi connectivity index (χ4n) is 1.83. The van der Waals surface area contributed by atoms with E-state index in [2.05, 4.69) is 29.1 Å². The van der Waals surface area contributed by atoms with E-state index in [9.17, 15) is 0 Å². The summed E-state index contributed by atoms with van der Waals surface area (Å²) in [5.41, 5.74) is 1.96. The predicted molar refractivity (Wildman–Crippen MR) is 79.5 cm³/mol. The van der Waals surface area contributed by atoms with E-state index in [1.807, 2.05) is 43.3 Å². The summed E-state index contributed by atoms with van der Waals surface area (Å²) in [7, 11) is 0. The highest BCUT2D eigenvalue weighted by Crippen LogP contribution is 2.10. The number of nitrogens with zero attached hydrogens (tertiary/aromatic N) is 2. The van der Waals surface area contributed by atoms with Crippen molar-refractivity contribution in [3.63, 3.8) is 0 Å². The van der Waals surface area contributed by atoms with Crippen LogP contribution < -0.4 is 10.1 Å². The van der Waals surface area contributed by atoms with Gasteiger partial charge in [0, 0.05) is 18.3 Å². The third-order valence-electron chi connectivity index (χ3n) is 2.76. The van der Waals surface area contributed by atoms with Gasteiger partial charge in [-0.2, -0.15) is 0 Å². The monoisotopic (exact) mass is 271 g/mol. The van der Waals surface area contributed by atoms with Crippen molar-refractivity contribution in [3.05, 3.63) is 53.6 Å². The number of hydrogen-bond acceptors (Lipinski definition) is 4. The summed E-state index contributed by atoms with van der Waals surface area (Å²) < 4.78 is 5.68. The molecule has 4 nitrogen and oxygen atoms in total. The Bertz CT molecular complexity index is 541. The number of para-hydroxylation sites is 1. The van der Waals surface area contributed by atoms with E-state index in [0.717, 1.165) is 29.5 Å². The van der Waals surface area contributed by atoms with Crippen molar-refractivity contribution in [2.75, 3.05) is 0 Å². The van der Waals surface area contributed by atoms with E-state index in [1.54, 1.807) is 0 Å². The Kier molecular flexibility index (Phi) is 5.07. The van der Waals surface area contributed by atoms with Crippen molar-refractivity contribution in [3.8, 4) is 5.75 Å². The molecule has 20 heavy (non-hydrogen) atoms. The zero-order valence-corrected chi connectivity index (χ0v) is 12.3. The van der Waals surface area contributed by atoms with Gasteiger partial charge in [0.25, 0.3) is 0 Å². The Balaban J connectivity index is 2.00. The third kappa shape index (κ3) is 4.63. The molecule has 0 saturated heterocycles. The van der Waals surface area contributed by atoms with Gasteiger partial charge in [-0.1, -0.05) is 32.0 Å². The van der Waals surface area contributed by atoms with Crippen LogP contribution in [0.5, 0.6) is 5.75 Å². The molecule has 0 aliphatic heterocycles. The molecule has 0 saturated carbocycles. The van der Waals surface area contributed by atoms with Crippen LogP contribution in [0.15, 0.2) is 36.4 Å². The van der Waals surface area contributed by atoms with Crippen LogP contribution >= 0.6 is 0 Å². The van der Waals surface area contributed by atoms with Crippen molar-refractivity contribution in [2.45, 2.75) is 40.0 Å². The van der Waals surface area contributed by atoms with Crippen LogP contribution in [0.4, 0.5) is 0 Å². The highest BCUT2D eigenvalue weighted by Gasteiger charge is 2.04. The van der Waals surface area contributed by atoms with Gasteiger partial charge in [0.1, 0.15) is 12.4 Å². The van der Waals surface area contributed by atoms with Gasteiger partial charge in [0.2, 0.25) is 0 Å². The number of aromatic nitrogens is 2. The highest BCUT2D eigenvalue weighted by atomic mass is 16.5. The van der Waals surface area contributed by atoms with Crippen molar-refractivity contribution in [1.29, 1.82) is 0 Å². The normalized spacial score (nSPS) is 10.8. The molecule has 0 fully saturated rings. The van der Waals surface area contributed by atoms with Gasteiger partial charge in [0.05, 0.1) is 5.69 Å². The smallest absolute Gasteiger partial charge is 0.166 e. The molecule has 0 aliphatic rings. The maximum Gasteiger partial charge on any atom is 0.166 e. The summed E-state index contributed by atoms with van der Waals surface area (Å²) in [6, 6.07) is 12.2. The predicted octanol–water partition coefficient (Wildman–Crippen LogP) is 2.86. The first-order valence-electron chi connectivity index (χ1n) is 6.88. The summed E-state index contributed by atoms with van der Waals surface area (Å²) in [6.45, 7) is 7.35. The SMILES string of the molecule is Cc1cc(CNC(C)C)nc(COc2ccccc2)n1. The largest absolute Gasteiger partial charge is 0.486 e. The number of benzene rings is 1. The standard InChI is InChI=1S/C16H21N3O/c1-12(2)17-10-14-9-13(3)18-16(19-14)11-20-15-7-5-4-6-8-15/h4-9,12,17H,10-11H2,1-3H3. The van der Waals surface area contributed by atoms with E-state index in [0.29, 0.717) is 12.6 Å². The first kappa shape index (κ1) is 14.5. The molecule has 0 spiro atoms. The van der Waals surface area contributed by atoms with Crippen molar-refractivity contribution >= 4 is 0 Å². The topological polar surface area (TPSA) is 47.0 Å². The molecule has 0 amide bonds. The second-order valence-corrected chi connectivity index (χ2v) is 5.05. The lowest BCUT2D eigenvalue weighted by Gasteiger charge is -2.10. The van der Waals surface area contributed by atoms with Crippen molar-refractivity contribution in [1.82, 2.24) is 15.3 Å². The molecular formula is C16H21N3O. The van der Waals surface area contributed by atoms with Gasteiger partial charge >= 0.3 is 0 Å². The number of aryl methyl sites for hydroxylation is 1. The molecule has 0 atom stereocenters. The van der Waals surface area contributed by atoms with Crippen LogP contribution in [0.1, 0.15) is 31.1 Å². The third-order valence-corrected chi connectivity index (χ3v) is 2.76. The molecule has 1 aromatic carbocycles. The highest BCUT2D eigenvalue weighted by molar-refractivity contribution is 5.21. The minimum atomic E-state index is 0.389. The number of rotatable bonds is 6. The van der Waals surface area contributed by atoms with Crippen molar-refractivity contribution < 1.29 is 4.74 Å². The summed E-state index contributed by atoms with van der Waals surface area (Å²) >= 11 is 0. The van der Waals surface area contributed by atoms with Crippen LogP contribution in [0, 0.1) is 6.92 Å². The van der Waals surface area contributed by atoms with Crippen LogP contribution in [-0.4, -0.2) is 16.0 Å². The molecule has 4 heteroatoms. The summed E-state index contributed by atoms with van der Waals surface area (Å²) in [5.74, 6) is 1.55. The summed E-state index contributed by atoms with van der Waals surface area (Å²) in [5, 5.41) is 3.36. The first-order valence-corrected chi connectivity index (χ1v) is 6.88. The fraction of sp³-hybridized carbons (Fsp3) is 0.375. The molecule has 0 bridgehead atoms. The molecule has 0 unspecified atom stereocenters. The Hall–Kier alpha value is -1.94. The van der Waals surface area contributed by atoms with Crippen LogP contribution in [0.2, 0.25) is 0 Å². The van der Waals surface area contributed by atoms with Crippen LogP contribution in [0.3, 0.4) is 0 Å². The maximum absolute atomic E-state index is 5.68. The van der Waals surface area contributed by atoms with E-state index in [-0.39, 0.29) is 0 Å². The second kappa shape index (κ2) is 7.01. The quantitative estimate of drug-likeness (QED) is 0.877. The van der Waals surface area contributed by atoms with Gasteiger partial charge in [-0.05, 0) is 25.1 Å². The Morgan fingerprint density at radius 3 is 2.60 bits per heavy atom. The lowest BCUT2D eigenvalue weighted by molar-refractivity contribution is 0.295. The lowest BCUT2D eigenvalue weighted by Crippen LogP contribution is -2.23. The average molecular weight is 271 g/mol. The summed E-state index contributed by atoms with van der Waals surface area (Å²) in [4.78, 5) is 8.93. The number of hydrogen-bond donors (Lipinski definition) is 1. The van der Waals surface area contributed by atoms with Gasteiger partial charge in [0.15, 0.2) is 5.82 Å². The number of nitrogens with one attached hydrogen (secondary N) is 1. The van der Waals surface area contributed by atoms with E-state index >= 15 is 0 Å². The summed E-state index contributed by atoms with van der Waals surface area (Å²) in [6.07, 6.45) is 0. The second-order valence-electron chi connectivity index (χ2n) is 5.05. The fourth-order valence-corrected chi connectivity index (χ4v) is 1.83. The lowest BCUT2D eigenvalue weighted by atomic mass is 10.3. The van der Waals surface area contributed by atoms with E-state index in [1.165, 1.54) is 0 Å². The van der Waals surface area contributed by atoms with Gasteiger partial charge < -0.3 is 10.1 Å². The molecule has 1 aromatic heterocycles. The minimum Gasteiger partial charge on any atom is -0.486 e. The first-order chi connectivity index (χ1) is 9.63. The molecule has 1 heterocycles. The average Bonchev–Trinajstić information content (AvgIpc) is 2.44. The molecule has 2 rings (SSSR count). The molecule has 0 radical (unpaired) electrons. The number of ether oxygens (including phenoxy) is 1. The maximum atomic E-state index is 5.68. The van der Waals surface area contributed by atoms with Crippen molar-refractivity contribution in [2.24, 2.45) is 0 Å². The van der Waals surface area contributed by atoms with Gasteiger partial charge in [-0.25, -0.2) is 9.97 Å². The van der Waals surface area contributed by atoms with Gasteiger partial charge in [-0.3, -0.25) is 0 Å². The van der Waals surface area contributed by atoms with Gasteiger partial charge in [-0.15, -0.1) is 0 Å². The molecular weight excluding hydrogens is 250 g/mol. The molecule has 0 aliphatic carbocycles. The minimum absolute atomic E-state index is 0.389. The zero-order chi connectivity index (χ0) is 14.4. The Morgan fingerprint density at radius 2 is 1.90 bits per heavy atom. The Morgan fingerprint density at radius 1 is 1.15 bits per heavy atom.